The average Bonchev–Trinajstić information content (AvgIpc) is 2.65. The van der Waals surface area contributed by atoms with E-state index in [1.54, 1.807) is 0 Å². The Morgan fingerprint density at radius 2 is 1.83 bits per heavy atom. The monoisotopic (exact) mass is 208 g/mol. The predicted molar refractivity (Wildman–Crippen MR) is 28.0 cm³/mol. The molecule has 9 heteroatoms. The minimum atomic E-state index is -5.23. The number of ether oxygens (including phenoxy) is 1. The van der Waals surface area contributed by atoms with Crippen molar-refractivity contribution < 1.29 is 35.8 Å². The van der Waals surface area contributed by atoms with E-state index >= 15 is 0 Å². The lowest BCUT2D eigenvalue weighted by molar-refractivity contribution is -0.191. The maximum absolute atomic E-state index is 12.1. The van der Waals surface area contributed by atoms with Crippen LogP contribution in [0.5, 0.6) is 0 Å². The molecular weight excluding hydrogens is 208 g/mol. The van der Waals surface area contributed by atoms with E-state index in [0.717, 1.165) is 0 Å². The molecule has 0 aliphatic carbocycles. The molecule has 1 saturated heterocycles. The Morgan fingerprint density at radius 1 is 1.33 bits per heavy atom. The van der Waals surface area contributed by atoms with Crippen molar-refractivity contribution in [3.8, 4) is 0 Å². The van der Waals surface area contributed by atoms with Gasteiger partial charge in [0.15, 0.2) is 0 Å². The van der Waals surface area contributed by atoms with Crippen molar-refractivity contribution in [2.24, 2.45) is 0 Å². The van der Waals surface area contributed by atoms with E-state index in [9.17, 15) is 22.4 Å². The van der Waals surface area contributed by atoms with Gasteiger partial charge in [0.1, 0.15) is 0 Å². The maximum Gasteiger partial charge on any atom is 0.491 e. The van der Waals surface area contributed by atoms with Gasteiger partial charge in [-0.3, -0.25) is 0 Å². The van der Waals surface area contributed by atoms with E-state index in [0.29, 0.717) is 0 Å². The molecule has 0 saturated carbocycles. The predicted octanol–water partition coefficient (Wildman–Crippen LogP) is 1.21. The molecule has 1 aliphatic rings. The summed E-state index contributed by atoms with van der Waals surface area (Å²) >= 11 is -1.86. The van der Waals surface area contributed by atoms with Crippen molar-refractivity contribution >= 4 is 22.3 Å². The number of hydrogen-bond donors (Lipinski definition) is 0. The van der Waals surface area contributed by atoms with Crippen molar-refractivity contribution in [2.45, 2.75) is 6.18 Å². The van der Waals surface area contributed by atoms with Crippen LogP contribution in [0.3, 0.4) is 0 Å². The molecule has 0 spiro atoms. The fraction of sp³-hybridized carbons (Fsp3) is 0.333. The van der Waals surface area contributed by atoms with E-state index in [1.165, 1.54) is 0 Å². The van der Waals surface area contributed by atoms with Gasteiger partial charge in [-0.1, -0.05) is 0 Å². The van der Waals surface area contributed by atoms with Crippen LogP contribution < -0.4 is 0 Å². The summed E-state index contributed by atoms with van der Waals surface area (Å²) in [6.07, 6.45) is -5.23. The minimum absolute atomic E-state index is 1.74. The van der Waals surface area contributed by atoms with Crippen LogP contribution in [0, 0.1) is 0 Å². The van der Waals surface area contributed by atoms with Crippen LogP contribution in [-0.4, -0.2) is 17.5 Å². The second-order valence-corrected chi connectivity index (χ2v) is 2.56. The molecule has 70 valence electrons. The molecule has 12 heavy (non-hydrogen) atoms. The molecule has 0 aromatic heterocycles. The van der Waals surface area contributed by atoms with Gasteiger partial charge in [0, 0.05) is 0 Å². The van der Waals surface area contributed by atoms with Crippen LogP contribution in [0.4, 0.5) is 17.6 Å². The Bertz CT molecular complexity index is 239. The van der Waals surface area contributed by atoms with Gasteiger partial charge in [-0.25, -0.2) is 4.79 Å². The van der Waals surface area contributed by atoms with Crippen molar-refractivity contribution in [3.05, 3.63) is 0 Å². The zero-order valence-electron chi connectivity index (χ0n) is 5.05. The number of carbonyl (C=O) groups is 1. The standard InChI is InChI=1S/C3F4O4S/c4-2(12-10-11-12)9-1(8)3(5,6)7. The highest BCUT2D eigenvalue weighted by molar-refractivity contribution is 8.10. The number of alkyl halides is 3. The number of carbonyl (C=O) groups excluding carboxylic acids is 1. The van der Waals surface area contributed by atoms with Gasteiger partial charge >= 0.3 is 17.5 Å². The molecule has 1 aliphatic heterocycles. The lowest BCUT2D eigenvalue weighted by atomic mass is 10.7. The number of hydrogen-bond acceptors (Lipinski definition) is 4. The largest absolute Gasteiger partial charge is 0.491 e. The fourth-order valence-corrected chi connectivity index (χ4v) is 0.594. The van der Waals surface area contributed by atoms with Crippen molar-refractivity contribution in [2.75, 3.05) is 0 Å². The smallest absolute Gasteiger partial charge is 0.384 e. The Labute approximate surface area is 65.3 Å². The van der Waals surface area contributed by atoms with E-state index in [2.05, 4.69) is 13.4 Å². The summed E-state index contributed by atoms with van der Waals surface area (Å²) in [4.78, 5) is 9.89. The molecule has 0 radical (unpaired) electrons. The molecule has 0 aromatic carbocycles. The first kappa shape index (κ1) is 9.42. The summed E-state index contributed by atoms with van der Waals surface area (Å²) in [6, 6.07) is 0. The van der Waals surface area contributed by atoms with E-state index in [4.69, 9.17) is 0 Å². The van der Waals surface area contributed by atoms with Gasteiger partial charge in [0.2, 0.25) is 11.0 Å². The molecule has 0 aromatic rings. The van der Waals surface area contributed by atoms with Gasteiger partial charge in [-0.05, 0) is 0 Å². The fourth-order valence-electron chi connectivity index (χ4n) is 0.232. The lowest BCUT2D eigenvalue weighted by Gasteiger charge is -2.01. The van der Waals surface area contributed by atoms with Gasteiger partial charge in [-0.2, -0.15) is 17.6 Å². The summed E-state index contributed by atoms with van der Waals surface area (Å²) in [7, 11) is 0. The summed E-state index contributed by atoms with van der Waals surface area (Å²) in [5.41, 5.74) is 0. The van der Waals surface area contributed by atoms with Crippen molar-refractivity contribution in [3.63, 3.8) is 0 Å². The molecule has 0 unspecified atom stereocenters. The highest BCUT2D eigenvalue weighted by Gasteiger charge is 2.43. The second kappa shape index (κ2) is 2.99. The SMILES string of the molecule is O=C(OC(F)=S1OO1)C(F)(F)F. The maximum atomic E-state index is 12.1. The molecule has 1 rings (SSSR count). The van der Waals surface area contributed by atoms with Crippen LogP contribution in [0.15, 0.2) is 0 Å². The Hall–Kier alpha value is -0.670. The second-order valence-electron chi connectivity index (χ2n) is 1.50. The first-order chi connectivity index (χ1) is 5.41. The Morgan fingerprint density at radius 3 is 2.17 bits per heavy atom. The molecule has 0 N–H and O–H groups in total. The van der Waals surface area contributed by atoms with E-state index in [-0.39, 0.29) is 0 Å². The topological polar surface area (TPSA) is 51.4 Å². The number of rotatable bonds is 0. The normalized spacial score (nSPS) is 17.3. The summed E-state index contributed by atoms with van der Waals surface area (Å²) in [6.45, 7) is 0. The molecule has 0 atom stereocenters. The first-order valence-electron chi connectivity index (χ1n) is 2.32. The van der Waals surface area contributed by atoms with Crippen LogP contribution in [-0.2, 0) is 18.2 Å². The van der Waals surface area contributed by atoms with Crippen molar-refractivity contribution in [1.82, 2.24) is 0 Å². The molecule has 1 heterocycles. The minimum Gasteiger partial charge on any atom is -0.384 e. The van der Waals surface area contributed by atoms with Gasteiger partial charge in [-0.15, -0.1) is 8.67 Å². The van der Waals surface area contributed by atoms with Crippen LogP contribution >= 0.6 is 11.0 Å². The number of esters is 1. The third-order valence-electron chi connectivity index (χ3n) is 0.672. The Balaban J connectivity index is 2.52. The summed E-state index contributed by atoms with van der Waals surface area (Å²) in [5, 5.41) is -1.74. The van der Waals surface area contributed by atoms with Crippen LogP contribution in [0.1, 0.15) is 0 Å². The summed E-state index contributed by atoms with van der Waals surface area (Å²) in [5.74, 6) is -2.65. The molecule has 0 bridgehead atoms. The third-order valence-corrected chi connectivity index (χ3v) is 1.29. The Kier molecular flexibility index (Phi) is 2.35. The summed E-state index contributed by atoms with van der Waals surface area (Å²) < 4.78 is 56.9. The van der Waals surface area contributed by atoms with Gasteiger partial charge in [0.05, 0.1) is 0 Å². The van der Waals surface area contributed by atoms with Gasteiger partial charge in [0.25, 0.3) is 0 Å². The zero-order valence-corrected chi connectivity index (χ0v) is 5.87. The van der Waals surface area contributed by atoms with Crippen LogP contribution in [0.25, 0.3) is 0 Å². The van der Waals surface area contributed by atoms with Crippen molar-refractivity contribution in [1.29, 1.82) is 0 Å². The third kappa shape index (κ3) is 2.43. The zero-order chi connectivity index (χ0) is 9.35. The average molecular weight is 208 g/mol. The molecule has 1 fully saturated rings. The quantitative estimate of drug-likeness (QED) is 0.150. The highest BCUT2D eigenvalue weighted by atomic mass is 32.2. The van der Waals surface area contributed by atoms with E-state index < -0.39 is 28.5 Å². The van der Waals surface area contributed by atoms with E-state index in [1.807, 2.05) is 0 Å². The molecule has 0 amide bonds. The van der Waals surface area contributed by atoms with Crippen LogP contribution in [0.2, 0.25) is 0 Å². The number of halogens is 4. The molecular formula is C3F4O4S. The lowest BCUT2D eigenvalue weighted by Crippen LogP contribution is -2.26. The van der Waals surface area contributed by atoms with Gasteiger partial charge < -0.3 is 4.74 Å². The first-order valence-corrected chi connectivity index (χ1v) is 3.40. The highest BCUT2D eigenvalue weighted by Crippen LogP contribution is 2.37. The molecule has 4 nitrogen and oxygen atoms in total.